The molecule has 0 bridgehead atoms. The van der Waals surface area contributed by atoms with Crippen molar-refractivity contribution in [2.24, 2.45) is 0 Å². The summed E-state index contributed by atoms with van der Waals surface area (Å²) in [5, 5.41) is 9.90. The number of phenolic OH excluding ortho intramolecular Hbond substituents is 1. The van der Waals surface area contributed by atoms with Crippen LogP contribution in [-0.4, -0.2) is 60.3 Å². The molecule has 20 heavy (non-hydrogen) atoms. The molecule has 2 fully saturated rings. The second kappa shape index (κ2) is 5.99. The number of benzene rings is 1. The Hall–Kier alpha value is -1.30. The van der Waals surface area contributed by atoms with Crippen LogP contribution in [0.3, 0.4) is 0 Å². The number of phenols is 1. The third-order valence-electron chi connectivity index (χ3n) is 4.31. The predicted octanol–water partition coefficient (Wildman–Crippen LogP) is 0.881. The normalized spacial score (nSPS) is 25.1. The van der Waals surface area contributed by atoms with Gasteiger partial charge in [-0.05, 0) is 24.6 Å². The van der Waals surface area contributed by atoms with Crippen LogP contribution < -0.4 is 5.73 Å². The summed E-state index contributed by atoms with van der Waals surface area (Å²) >= 11 is 0. The number of nitrogens with two attached hydrogens (primary N) is 1. The van der Waals surface area contributed by atoms with E-state index < -0.39 is 0 Å². The van der Waals surface area contributed by atoms with Crippen LogP contribution in [0.25, 0.3) is 0 Å². The Labute approximate surface area is 119 Å². The molecule has 0 amide bonds. The zero-order valence-electron chi connectivity index (χ0n) is 11.8. The Balaban J connectivity index is 1.58. The molecule has 0 saturated carbocycles. The first kappa shape index (κ1) is 13.7. The first-order valence-corrected chi connectivity index (χ1v) is 7.34. The van der Waals surface area contributed by atoms with E-state index in [0.717, 1.165) is 51.5 Å². The Morgan fingerprint density at radius 3 is 2.85 bits per heavy atom. The number of nitrogen functional groups attached to an aromatic ring is 1. The Kier molecular flexibility index (Phi) is 4.10. The molecule has 110 valence electrons. The number of rotatable bonds is 3. The standard InChI is InChI=1S/C15H23N3O2/c16-13-1-2-15(19)12(9-13)10-17-4-3-14(11-17)18-5-7-20-8-6-18/h1-2,9,14,19H,3-8,10-11,16H2. The summed E-state index contributed by atoms with van der Waals surface area (Å²) < 4.78 is 5.41. The lowest BCUT2D eigenvalue weighted by Gasteiger charge is -2.32. The molecule has 1 atom stereocenters. The lowest BCUT2D eigenvalue weighted by Crippen LogP contribution is -2.44. The molecule has 2 heterocycles. The monoisotopic (exact) mass is 277 g/mol. The van der Waals surface area contributed by atoms with E-state index in [1.807, 2.05) is 6.07 Å². The van der Waals surface area contributed by atoms with Crippen LogP contribution in [-0.2, 0) is 11.3 Å². The molecule has 1 aromatic rings. The molecular formula is C15H23N3O2. The van der Waals surface area contributed by atoms with Crippen LogP contribution in [0.4, 0.5) is 5.69 Å². The zero-order chi connectivity index (χ0) is 13.9. The Morgan fingerprint density at radius 2 is 2.05 bits per heavy atom. The van der Waals surface area contributed by atoms with Gasteiger partial charge in [-0.3, -0.25) is 9.80 Å². The number of aromatic hydroxyl groups is 1. The lowest BCUT2D eigenvalue weighted by atomic mass is 10.1. The van der Waals surface area contributed by atoms with E-state index in [4.69, 9.17) is 10.5 Å². The Morgan fingerprint density at radius 1 is 1.25 bits per heavy atom. The number of morpholine rings is 1. The van der Waals surface area contributed by atoms with Gasteiger partial charge in [0, 0.05) is 50.0 Å². The van der Waals surface area contributed by atoms with Crippen molar-refractivity contribution in [3.05, 3.63) is 23.8 Å². The van der Waals surface area contributed by atoms with Crippen molar-refractivity contribution >= 4 is 5.69 Å². The molecule has 2 saturated heterocycles. The minimum Gasteiger partial charge on any atom is -0.508 e. The molecule has 1 unspecified atom stereocenters. The molecule has 0 radical (unpaired) electrons. The van der Waals surface area contributed by atoms with Crippen molar-refractivity contribution in [1.82, 2.24) is 9.80 Å². The quantitative estimate of drug-likeness (QED) is 0.634. The molecule has 3 rings (SSSR count). The second-order valence-corrected chi connectivity index (χ2v) is 5.71. The molecule has 2 aliphatic rings. The third-order valence-corrected chi connectivity index (χ3v) is 4.31. The average Bonchev–Trinajstić information content (AvgIpc) is 2.92. The van der Waals surface area contributed by atoms with E-state index in [9.17, 15) is 5.11 Å². The van der Waals surface area contributed by atoms with E-state index in [1.165, 1.54) is 6.42 Å². The topological polar surface area (TPSA) is 62.0 Å². The molecule has 0 aliphatic carbocycles. The summed E-state index contributed by atoms with van der Waals surface area (Å²) in [5.41, 5.74) is 7.43. The molecule has 3 N–H and O–H groups in total. The minimum absolute atomic E-state index is 0.342. The van der Waals surface area contributed by atoms with E-state index in [1.54, 1.807) is 12.1 Å². The van der Waals surface area contributed by atoms with Crippen molar-refractivity contribution in [2.75, 3.05) is 45.1 Å². The highest BCUT2D eigenvalue weighted by Gasteiger charge is 2.28. The summed E-state index contributed by atoms with van der Waals surface area (Å²) in [4.78, 5) is 4.93. The van der Waals surface area contributed by atoms with Crippen molar-refractivity contribution in [3.8, 4) is 5.75 Å². The summed E-state index contributed by atoms with van der Waals surface area (Å²) in [6.07, 6.45) is 1.20. The van der Waals surface area contributed by atoms with Gasteiger partial charge < -0.3 is 15.6 Å². The number of nitrogens with zero attached hydrogens (tertiary/aromatic N) is 2. The SMILES string of the molecule is Nc1ccc(O)c(CN2CCC(N3CCOCC3)C2)c1. The van der Waals surface area contributed by atoms with Crippen molar-refractivity contribution in [3.63, 3.8) is 0 Å². The lowest BCUT2D eigenvalue weighted by molar-refractivity contribution is 0.0183. The highest BCUT2D eigenvalue weighted by molar-refractivity contribution is 5.47. The van der Waals surface area contributed by atoms with E-state index in [-0.39, 0.29) is 0 Å². The van der Waals surface area contributed by atoms with E-state index >= 15 is 0 Å². The van der Waals surface area contributed by atoms with Crippen molar-refractivity contribution in [1.29, 1.82) is 0 Å². The van der Waals surface area contributed by atoms with Gasteiger partial charge in [0.05, 0.1) is 13.2 Å². The zero-order valence-corrected chi connectivity index (χ0v) is 11.8. The molecular weight excluding hydrogens is 254 g/mol. The van der Waals surface area contributed by atoms with Crippen LogP contribution in [0.1, 0.15) is 12.0 Å². The molecule has 0 spiro atoms. The molecule has 5 heteroatoms. The third kappa shape index (κ3) is 3.06. The maximum atomic E-state index is 9.90. The highest BCUT2D eigenvalue weighted by Crippen LogP contribution is 2.24. The van der Waals surface area contributed by atoms with Crippen LogP contribution >= 0.6 is 0 Å². The van der Waals surface area contributed by atoms with E-state index in [2.05, 4.69) is 9.80 Å². The number of hydrogen-bond acceptors (Lipinski definition) is 5. The maximum absolute atomic E-state index is 9.90. The van der Waals surface area contributed by atoms with Crippen LogP contribution in [0.15, 0.2) is 18.2 Å². The van der Waals surface area contributed by atoms with Crippen molar-refractivity contribution in [2.45, 2.75) is 19.0 Å². The molecule has 0 aromatic heterocycles. The van der Waals surface area contributed by atoms with Gasteiger partial charge in [0.1, 0.15) is 5.75 Å². The van der Waals surface area contributed by atoms with Gasteiger partial charge in [0.25, 0.3) is 0 Å². The maximum Gasteiger partial charge on any atom is 0.120 e. The predicted molar refractivity (Wildman–Crippen MR) is 78.6 cm³/mol. The van der Waals surface area contributed by atoms with Crippen LogP contribution in [0.5, 0.6) is 5.75 Å². The first-order chi connectivity index (χ1) is 9.72. The fourth-order valence-electron chi connectivity index (χ4n) is 3.17. The summed E-state index contributed by atoms with van der Waals surface area (Å²) in [6.45, 7) is 6.71. The number of hydrogen-bond donors (Lipinski definition) is 2. The number of ether oxygens (including phenoxy) is 1. The molecule has 1 aromatic carbocycles. The number of likely N-dealkylation sites (tertiary alicyclic amines) is 1. The van der Waals surface area contributed by atoms with Gasteiger partial charge in [0.15, 0.2) is 0 Å². The van der Waals surface area contributed by atoms with Gasteiger partial charge in [-0.15, -0.1) is 0 Å². The highest BCUT2D eigenvalue weighted by atomic mass is 16.5. The van der Waals surface area contributed by atoms with Crippen LogP contribution in [0.2, 0.25) is 0 Å². The largest absolute Gasteiger partial charge is 0.508 e. The summed E-state index contributed by atoms with van der Waals surface area (Å²) in [6, 6.07) is 5.92. The summed E-state index contributed by atoms with van der Waals surface area (Å²) in [5.74, 6) is 0.342. The van der Waals surface area contributed by atoms with Crippen molar-refractivity contribution < 1.29 is 9.84 Å². The second-order valence-electron chi connectivity index (χ2n) is 5.71. The first-order valence-electron chi connectivity index (χ1n) is 7.34. The summed E-state index contributed by atoms with van der Waals surface area (Å²) in [7, 11) is 0. The van der Waals surface area contributed by atoms with Gasteiger partial charge in [-0.25, -0.2) is 0 Å². The molecule has 5 nitrogen and oxygen atoms in total. The van der Waals surface area contributed by atoms with Gasteiger partial charge in [-0.1, -0.05) is 0 Å². The fraction of sp³-hybridized carbons (Fsp3) is 0.600. The van der Waals surface area contributed by atoms with Gasteiger partial charge >= 0.3 is 0 Å². The van der Waals surface area contributed by atoms with Gasteiger partial charge in [0.2, 0.25) is 0 Å². The fourth-order valence-corrected chi connectivity index (χ4v) is 3.17. The average molecular weight is 277 g/mol. The van der Waals surface area contributed by atoms with Crippen LogP contribution in [0, 0.1) is 0 Å². The Bertz CT molecular complexity index is 460. The van der Waals surface area contributed by atoms with Gasteiger partial charge in [-0.2, -0.15) is 0 Å². The van der Waals surface area contributed by atoms with E-state index in [0.29, 0.717) is 17.5 Å². The number of anilines is 1. The minimum atomic E-state index is 0.342. The molecule has 2 aliphatic heterocycles. The smallest absolute Gasteiger partial charge is 0.120 e.